The van der Waals surface area contributed by atoms with Gasteiger partial charge in [0.2, 0.25) is 6.79 Å². The fourth-order valence-corrected chi connectivity index (χ4v) is 4.78. The van der Waals surface area contributed by atoms with E-state index in [4.69, 9.17) is 14.2 Å². The van der Waals surface area contributed by atoms with Crippen molar-refractivity contribution in [2.24, 2.45) is 11.8 Å². The molecule has 4 atom stereocenters. The fraction of sp³-hybridized carbons (Fsp3) is 0.455. The minimum absolute atomic E-state index is 0.142. The highest BCUT2D eigenvalue weighted by Gasteiger charge is 2.43. The summed E-state index contributed by atoms with van der Waals surface area (Å²) in [7, 11) is 1.62. The van der Waals surface area contributed by atoms with Crippen LogP contribution < -0.4 is 24.4 Å². The van der Waals surface area contributed by atoms with Crippen LogP contribution in [0.4, 0.5) is 5.82 Å². The van der Waals surface area contributed by atoms with E-state index in [2.05, 4.69) is 15.2 Å². The van der Waals surface area contributed by atoms with Crippen LogP contribution in [0.25, 0.3) is 0 Å². The van der Waals surface area contributed by atoms with Crippen molar-refractivity contribution in [3.05, 3.63) is 42.1 Å². The van der Waals surface area contributed by atoms with Crippen molar-refractivity contribution in [3.63, 3.8) is 0 Å². The summed E-state index contributed by atoms with van der Waals surface area (Å²) in [5, 5.41) is 13.4. The van der Waals surface area contributed by atoms with Gasteiger partial charge in [-0.25, -0.2) is 4.98 Å². The Morgan fingerprint density at radius 2 is 2.00 bits per heavy atom. The van der Waals surface area contributed by atoms with Crippen LogP contribution in [0.2, 0.25) is 0 Å². The lowest BCUT2D eigenvalue weighted by molar-refractivity contribution is -0.0232. The van der Waals surface area contributed by atoms with Gasteiger partial charge in [0, 0.05) is 32.4 Å². The number of carbonyl (C=O) groups is 1. The lowest BCUT2D eigenvalue weighted by atomic mass is 9.78. The lowest BCUT2D eigenvalue weighted by Gasteiger charge is -2.35. The molecule has 1 saturated carbocycles. The lowest BCUT2D eigenvalue weighted by Crippen LogP contribution is -2.42. The summed E-state index contributed by atoms with van der Waals surface area (Å²) in [5.74, 6) is 3.32. The number of pyridine rings is 1. The number of aliphatic hydroxyl groups excluding tert-OH is 1. The molecule has 158 valence electrons. The highest BCUT2D eigenvalue weighted by atomic mass is 16.7. The molecule has 2 N–H and O–H groups in total. The third-order valence-corrected chi connectivity index (χ3v) is 6.27. The highest BCUT2D eigenvalue weighted by Crippen LogP contribution is 2.41. The molecule has 5 rings (SSSR count). The molecular formula is C22H25N3O5. The fourth-order valence-electron chi connectivity index (χ4n) is 4.78. The number of nitrogens with zero attached hydrogens (tertiary/aromatic N) is 2. The predicted molar refractivity (Wildman–Crippen MR) is 109 cm³/mol. The van der Waals surface area contributed by atoms with Gasteiger partial charge in [-0.05, 0) is 48.9 Å². The molecule has 1 aromatic heterocycles. The van der Waals surface area contributed by atoms with E-state index >= 15 is 0 Å². The van der Waals surface area contributed by atoms with E-state index in [1.54, 1.807) is 25.4 Å². The predicted octanol–water partition coefficient (Wildman–Crippen LogP) is 1.82. The van der Waals surface area contributed by atoms with E-state index in [-0.39, 0.29) is 18.8 Å². The number of aliphatic hydroxyl groups is 1. The molecule has 1 saturated heterocycles. The maximum Gasteiger partial charge on any atom is 0.254 e. The van der Waals surface area contributed by atoms with Gasteiger partial charge >= 0.3 is 0 Å². The first-order chi connectivity index (χ1) is 14.6. The summed E-state index contributed by atoms with van der Waals surface area (Å²) in [6.07, 6.45) is 2.30. The summed E-state index contributed by atoms with van der Waals surface area (Å²) in [6.45, 7) is 1.79. The molecular weight excluding hydrogens is 386 g/mol. The van der Waals surface area contributed by atoms with Crippen molar-refractivity contribution < 1.29 is 24.1 Å². The Balaban J connectivity index is 1.30. The van der Waals surface area contributed by atoms with Gasteiger partial charge in [0.25, 0.3) is 5.91 Å². The molecule has 2 aromatic rings. The van der Waals surface area contributed by atoms with Gasteiger partial charge in [-0.15, -0.1) is 0 Å². The number of benzene rings is 1. The summed E-state index contributed by atoms with van der Waals surface area (Å²) in [5.41, 5.74) is 0.576. The second kappa shape index (κ2) is 7.68. The van der Waals surface area contributed by atoms with Crippen molar-refractivity contribution in [1.82, 2.24) is 10.3 Å². The van der Waals surface area contributed by atoms with Crippen LogP contribution in [0.15, 0.2) is 36.5 Å². The SMILES string of the molecule is CNC(=O)c1cccnc1N1C[C@H]2C[C@@H](Oc3ccc4c(c3)OCO4)[C@H](O)C[C@H]2C1. The van der Waals surface area contributed by atoms with Crippen molar-refractivity contribution in [2.45, 2.75) is 25.0 Å². The van der Waals surface area contributed by atoms with Gasteiger partial charge < -0.3 is 29.5 Å². The van der Waals surface area contributed by atoms with Crippen LogP contribution in [-0.2, 0) is 0 Å². The van der Waals surface area contributed by atoms with Crippen LogP contribution in [-0.4, -0.2) is 55.1 Å². The highest BCUT2D eigenvalue weighted by molar-refractivity contribution is 5.98. The molecule has 0 spiro atoms. The van der Waals surface area contributed by atoms with E-state index in [9.17, 15) is 9.90 Å². The third-order valence-electron chi connectivity index (χ3n) is 6.27. The van der Waals surface area contributed by atoms with Crippen LogP contribution in [0.1, 0.15) is 23.2 Å². The normalized spacial score (nSPS) is 26.9. The first-order valence-electron chi connectivity index (χ1n) is 10.3. The first-order valence-corrected chi connectivity index (χ1v) is 10.3. The van der Waals surface area contributed by atoms with Gasteiger partial charge in [-0.2, -0.15) is 0 Å². The number of ether oxygens (including phenoxy) is 3. The minimum atomic E-state index is -0.543. The van der Waals surface area contributed by atoms with Crippen LogP contribution in [0.3, 0.4) is 0 Å². The number of rotatable bonds is 4. The smallest absolute Gasteiger partial charge is 0.254 e. The van der Waals surface area contributed by atoms with Crippen molar-refractivity contribution in [2.75, 3.05) is 31.8 Å². The average molecular weight is 411 g/mol. The first kappa shape index (κ1) is 19.0. The zero-order valence-corrected chi connectivity index (χ0v) is 16.8. The Morgan fingerprint density at radius 3 is 2.83 bits per heavy atom. The Hall–Kier alpha value is -3.00. The van der Waals surface area contributed by atoms with E-state index in [1.165, 1.54) is 0 Å². The van der Waals surface area contributed by atoms with Crippen molar-refractivity contribution >= 4 is 11.7 Å². The van der Waals surface area contributed by atoms with Gasteiger partial charge in [0.05, 0.1) is 11.7 Å². The molecule has 1 aromatic carbocycles. The maximum atomic E-state index is 12.2. The standard InChI is InChI=1S/C22H25N3O5/c1-23-22(27)16-3-2-6-24-21(16)25-10-13-7-17(26)19(8-14(13)11-25)30-15-4-5-18-20(9-15)29-12-28-18/h2-6,9,13-14,17,19,26H,7-8,10-12H2,1H3,(H,23,27)/t13-,14+,17+,19+/m0/s1. The van der Waals surface area contributed by atoms with E-state index in [0.29, 0.717) is 46.9 Å². The van der Waals surface area contributed by atoms with Crippen molar-refractivity contribution in [1.29, 1.82) is 0 Å². The Labute approximate surface area is 174 Å². The Bertz CT molecular complexity index is 952. The molecule has 0 unspecified atom stereocenters. The summed E-state index contributed by atoms with van der Waals surface area (Å²) in [4.78, 5) is 18.9. The third kappa shape index (κ3) is 3.41. The molecule has 8 nitrogen and oxygen atoms in total. The topological polar surface area (TPSA) is 93.2 Å². The van der Waals surface area contributed by atoms with Gasteiger partial charge in [-0.3, -0.25) is 4.79 Å². The molecule has 8 heteroatoms. The van der Waals surface area contributed by atoms with Crippen LogP contribution in [0.5, 0.6) is 17.2 Å². The summed E-state index contributed by atoms with van der Waals surface area (Å²) >= 11 is 0. The zero-order chi connectivity index (χ0) is 20.7. The van der Waals surface area contributed by atoms with Crippen LogP contribution >= 0.6 is 0 Å². The van der Waals surface area contributed by atoms with E-state index in [0.717, 1.165) is 19.5 Å². The molecule has 1 aliphatic carbocycles. The van der Waals surface area contributed by atoms with Gasteiger partial charge in [0.1, 0.15) is 17.7 Å². The molecule has 2 fully saturated rings. The largest absolute Gasteiger partial charge is 0.488 e. The number of carbonyl (C=O) groups excluding carboxylic acids is 1. The Kier molecular flexibility index (Phi) is 4.86. The molecule has 30 heavy (non-hydrogen) atoms. The number of aromatic nitrogens is 1. The molecule has 2 aliphatic heterocycles. The molecule has 1 amide bonds. The van der Waals surface area contributed by atoms with Crippen LogP contribution in [0, 0.1) is 11.8 Å². The Morgan fingerprint density at radius 1 is 1.20 bits per heavy atom. The molecule has 0 radical (unpaired) electrons. The maximum absolute atomic E-state index is 12.2. The molecule has 3 heterocycles. The number of nitrogens with one attached hydrogen (secondary N) is 1. The average Bonchev–Trinajstić information content (AvgIpc) is 3.39. The number of hydrogen-bond acceptors (Lipinski definition) is 7. The molecule has 0 bridgehead atoms. The minimum Gasteiger partial charge on any atom is -0.488 e. The quantitative estimate of drug-likeness (QED) is 0.793. The second-order valence-electron chi connectivity index (χ2n) is 8.09. The number of fused-ring (bicyclic) bond motifs is 2. The van der Waals surface area contributed by atoms with Crippen molar-refractivity contribution in [3.8, 4) is 17.2 Å². The number of hydrogen-bond donors (Lipinski definition) is 2. The van der Waals surface area contributed by atoms with E-state index in [1.807, 2.05) is 18.2 Å². The molecule has 3 aliphatic rings. The second-order valence-corrected chi connectivity index (χ2v) is 8.09. The summed E-state index contributed by atoms with van der Waals surface area (Å²) < 4.78 is 16.9. The van der Waals surface area contributed by atoms with Gasteiger partial charge in [0.15, 0.2) is 11.5 Å². The number of anilines is 1. The number of amides is 1. The zero-order valence-electron chi connectivity index (χ0n) is 16.8. The van der Waals surface area contributed by atoms with E-state index < -0.39 is 6.10 Å². The monoisotopic (exact) mass is 411 g/mol. The summed E-state index contributed by atoms with van der Waals surface area (Å²) in [6, 6.07) is 9.05. The van der Waals surface area contributed by atoms with Gasteiger partial charge in [-0.1, -0.05) is 0 Å².